The molecule has 4 heterocycles. The maximum atomic E-state index is 14.4. The van der Waals surface area contributed by atoms with Gasteiger partial charge in [0.1, 0.15) is 0 Å². The van der Waals surface area contributed by atoms with Crippen molar-refractivity contribution in [3.05, 3.63) is 144 Å². The zero-order valence-corrected chi connectivity index (χ0v) is 36.5. The van der Waals surface area contributed by atoms with Gasteiger partial charge < -0.3 is 18.9 Å². The fourth-order valence-corrected chi connectivity index (χ4v) is 12.0. The standard InChI is InChI=1S/C46H48N4O12S2/c51-41(61-45-49(43(53)35-15-7-9-17-39(35)63(45,55)56)37(33-11-3-1-4-12-33)21-23-47-25-29-59-30-26-47)19-20-42(52)62-46-50(44(54)36-16-8-10-18-40(36)64(46,57)58)38(34-13-5-2-6-14-34)22-24-48-27-31-60-32-28-48/h1-20,37-38,45-46H,21-32H2/b20-19+. The van der Waals surface area contributed by atoms with Gasteiger partial charge in [0.25, 0.3) is 22.9 Å². The molecule has 4 aliphatic rings. The van der Waals surface area contributed by atoms with Gasteiger partial charge in [-0.05, 0) is 48.2 Å². The highest BCUT2D eigenvalue weighted by molar-refractivity contribution is 7.92. The molecule has 16 nitrogen and oxygen atoms in total. The molecular weight excluding hydrogens is 865 g/mol. The van der Waals surface area contributed by atoms with Gasteiger partial charge in [0.15, 0.2) is 0 Å². The number of sulfone groups is 2. The van der Waals surface area contributed by atoms with Crippen LogP contribution in [0.4, 0.5) is 0 Å². The van der Waals surface area contributed by atoms with E-state index in [9.17, 15) is 36.0 Å². The van der Waals surface area contributed by atoms with Gasteiger partial charge in [-0.1, -0.05) is 84.9 Å². The van der Waals surface area contributed by atoms with E-state index in [2.05, 4.69) is 9.80 Å². The molecule has 0 aliphatic carbocycles. The second kappa shape index (κ2) is 19.5. The van der Waals surface area contributed by atoms with E-state index in [4.69, 9.17) is 18.9 Å². The molecule has 4 aromatic rings. The van der Waals surface area contributed by atoms with Crippen molar-refractivity contribution in [3.8, 4) is 0 Å². The van der Waals surface area contributed by atoms with Gasteiger partial charge in [-0.15, -0.1) is 0 Å². The molecule has 0 saturated carbocycles. The SMILES string of the molecule is O=C(/C=C/C(=O)OC1N(C(CCN2CCOCC2)c2ccccc2)C(=O)c2ccccc2S1(=O)=O)OC1N(C(CCN2CCOCC2)c2ccccc2)C(=O)c2ccccc2S1(=O)=O. The molecule has 4 unspecified atom stereocenters. The van der Waals surface area contributed by atoms with Crippen molar-refractivity contribution in [1.82, 2.24) is 19.6 Å². The predicted molar refractivity (Wildman–Crippen MR) is 231 cm³/mol. The lowest BCUT2D eigenvalue weighted by Gasteiger charge is -2.41. The van der Waals surface area contributed by atoms with Crippen LogP contribution in [-0.4, -0.2) is 137 Å². The number of benzene rings is 4. The quantitative estimate of drug-likeness (QED) is 0.131. The Morgan fingerprint density at radius 3 is 1.27 bits per heavy atom. The Morgan fingerprint density at radius 1 is 0.547 bits per heavy atom. The topological polar surface area (TPSA) is 186 Å². The summed E-state index contributed by atoms with van der Waals surface area (Å²) in [5, 5.41) is 0. The van der Waals surface area contributed by atoms with Crippen LogP contribution in [0.15, 0.2) is 131 Å². The van der Waals surface area contributed by atoms with Gasteiger partial charge in [0, 0.05) is 51.4 Å². The highest BCUT2D eigenvalue weighted by Gasteiger charge is 2.51. The van der Waals surface area contributed by atoms with Crippen LogP contribution in [0.25, 0.3) is 0 Å². The summed E-state index contributed by atoms with van der Waals surface area (Å²) in [5.74, 6) is -4.03. The third kappa shape index (κ3) is 9.38. The zero-order valence-electron chi connectivity index (χ0n) is 34.8. The fraction of sp³-hybridized carbons (Fsp3) is 0.348. The van der Waals surface area contributed by atoms with Crippen molar-refractivity contribution < 1.29 is 55.0 Å². The largest absolute Gasteiger partial charge is 0.423 e. The lowest BCUT2D eigenvalue weighted by molar-refractivity contribution is -0.148. The number of carbonyl (C=O) groups excluding carboxylic acids is 4. The number of hydrogen-bond acceptors (Lipinski definition) is 14. The molecule has 18 heteroatoms. The van der Waals surface area contributed by atoms with Crippen LogP contribution in [0.5, 0.6) is 0 Å². The highest BCUT2D eigenvalue weighted by atomic mass is 32.2. The van der Waals surface area contributed by atoms with Gasteiger partial charge in [0.2, 0.25) is 19.7 Å². The maximum absolute atomic E-state index is 14.4. The second-order valence-corrected chi connectivity index (χ2v) is 19.5. The normalized spacial score (nSPS) is 22.0. The Labute approximate surface area is 371 Å². The Balaban J connectivity index is 1.08. The summed E-state index contributed by atoms with van der Waals surface area (Å²) in [7, 11) is -9.16. The molecule has 8 rings (SSSR count). The van der Waals surface area contributed by atoms with Crippen LogP contribution in [0.3, 0.4) is 0 Å². The highest BCUT2D eigenvalue weighted by Crippen LogP contribution is 2.40. The molecule has 0 spiro atoms. The van der Waals surface area contributed by atoms with E-state index < -0.39 is 66.6 Å². The number of morpholine rings is 2. The Morgan fingerprint density at radius 2 is 0.891 bits per heavy atom. The number of amides is 2. The van der Waals surface area contributed by atoms with Crippen LogP contribution in [-0.2, 0) is 48.2 Å². The van der Waals surface area contributed by atoms with Gasteiger partial charge in [0.05, 0.1) is 59.4 Å². The first-order valence-corrected chi connectivity index (χ1v) is 24.1. The molecule has 64 heavy (non-hydrogen) atoms. The number of hydrogen-bond donors (Lipinski definition) is 0. The molecule has 4 aromatic carbocycles. The van der Waals surface area contributed by atoms with Gasteiger partial charge in [-0.2, -0.15) is 0 Å². The lowest BCUT2D eigenvalue weighted by atomic mass is 10.0. The summed E-state index contributed by atoms with van der Waals surface area (Å²) in [6.45, 7) is 5.56. The average molecular weight is 913 g/mol. The van der Waals surface area contributed by atoms with Crippen molar-refractivity contribution in [3.63, 3.8) is 0 Å². The Hall–Kier alpha value is -5.76. The Bertz CT molecular complexity index is 2420. The molecule has 336 valence electrons. The van der Waals surface area contributed by atoms with Gasteiger partial charge >= 0.3 is 11.9 Å². The molecule has 0 bridgehead atoms. The summed E-state index contributed by atoms with van der Waals surface area (Å²) in [4.78, 5) is 62.0. The first kappa shape index (κ1) is 44.8. The third-order valence-electron chi connectivity index (χ3n) is 11.8. The fourth-order valence-electron chi connectivity index (χ4n) is 8.54. The van der Waals surface area contributed by atoms with Gasteiger partial charge in [-0.25, -0.2) is 26.4 Å². The van der Waals surface area contributed by atoms with Crippen LogP contribution < -0.4 is 0 Å². The Kier molecular flexibility index (Phi) is 13.7. The van der Waals surface area contributed by atoms with E-state index in [1.54, 1.807) is 72.8 Å². The summed E-state index contributed by atoms with van der Waals surface area (Å²) < 4.78 is 79.8. The van der Waals surface area contributed by atoms with E-state index in [0.717, 1.165) is 9.80 Å². The van der Waals surface area contributed by atoms with Crippen molar-refractivity contribution in [2.24, 2.45) is 0 Å². The van der Waals surface area contributed by atoms with E-state index in [1.165, 1.54) is 36.4 Å². The molecule has 2 amide bonds. The predicted octanol–water partition coefficient (Wildman–Crippen LogP) is 3.98. The monoisotopic (exact) mass is 912 g/mol. The molecule has 2 fully saturated rings. The van der Waals surface area contributed by atoms with Crippen LogP contribution >= 0.6 is 0 Å². The summed E-state index contributed by atoms with van der Waals surface area (Å²) in [5.41, 5.74) is -3.28. The smallest absolute Gasteiger partial charge is 0.333 e. The summed E-state index contributed by atoms with van der Waals surface area (Å²) in [6, 6.07) is 27.2. The minimum atomic E-state index is -4.58. The molecule has 4 atom stereocenters. The van der Waals surface area contributed by atoms with Crippen LogP contribution in [0.1, 0.15) is 56.8 Å². The molecule has 2 saturated heterocycles. The first-order chi connectivity index (χ1) is 30.9. The van der Waals surface area contributed by atoms with Gasteiger partial charge in [-0.3, -0.25) is 29.2 Å². The minimum Gasteiger partial charge on any atom is -0.423 e. The van der Waals surface area contributed by atoms with Crippen molar-refractivity contribution in [1.29, 1.82) is 0 Å². The zero-order chi connectivity index (χ0) is 44.8. The van der Waals surface area contributed by atoms with Crippen molar-refractivity contribution in [2.45, 2.75) is 45.8 Å². The summed E-state index contributed by atoms with van der Waals surface area (Å²) in [6.07, 6.45) is 1.76. The number of esters is 2. The number of rotatable bonds is 14. The second-order valence-electron chi connectivity index (χ2n) is 15.7. The molecule has 4 aliphatic heterocycles. The number of carbonyl (C=O) groups is 4. The molecule has 0 N–H and O–H groups in total. The lowest BCUT2D eigenvalue weighted by Crippen LogP contribution is -2.53. The molecule has 0 radical (unpaired) electrons. The third-order valence-corrected chi connectivity index (χ3v) is 15.4. The number of nitrogens with zero attached hydrogens (tertiary/aromatic N) is 4. The van der Waals surface area contributed by atoms with Crippen LogP contribution in [0, 0.1) is 0 Å². The summed E-state index contributed by atoms with van der Waals surface area (Å²) >= 11 is 0. The van der Waals surface area contributed by atoms with E-state index in [-0.39, 0.29) is 33.8 Å². The van der Waals surface area contributed by atoms with Crippen molar-refractivity contribution >= 4 is 43.4 Å². The average Bonchev–Trinajstić information content (AvgIpc) is 3.32. The van der Waals surface area contributed by atoms with Crippen molar-refractivity contribution in [2.75, 3.05) is 65.7 Å². The first-order valence-electron chi connectivity index (χ1n) is 21.1. The number of ether oxygens (including phenoxy) is 4. The number of fused-ring (bicyclic) bond motifs is 2. The van der Waals surface area contributed by atoms with Crippen LogP contribution in [0.2, 0.25) is 0 Å². The van der Waals surface area contributed by atoms with E-state index in [1.807, 2.05) is 0 Å². The maximum Gasteiger partial charge on any atom is 0.333 e. The van der Waals surface area contributed by atoms with E-state index >= 15 is 0 Å². The van der Waals surface area contributed by atoms with E-state index in [0.29, 0.717) is 89.0 Å². The molecular formula is C46H48N4O12S2. The molecule has 0 aromatic heterocycles. The minimum absolute atomic E-state index is 0.0886.